The number of ether oxygens (including phenoxy) is 1. The molecule has 3 nitrogen and oxygen atoms in total. The number of carbonyl (C=O) groups is 1. The zero-order valence-electron chi connectivity index (χ0n) is 10.4. The number of carboxylic acid groups (broad SMARTS) is 1. The fourth-order valence-electron chi connectivity index (χ4n) is 2.63. The molecule has 0 aromatic heterocycles. The molecule has 19 heavy (non-hydrogen) atoms. The predicted molar refractivity (Wildman–Crippen MR) is 60.8 cm³/mol. The molecule has 0 aliphatic heterocycles. The lowest BCUT2D eigenvalue weighted by atomic mass is 10.0. The number of hydrogen-bond acceptors (Lipinski definition) is 2. The van der Waals surface area contributed by atoms with Crippen molar-refractivity contribution in [1.82, 2.24) is 0 Å². The second kappa shape index (κ2) is 4.15. The molecule has 6 heteroatoms. The van der Waals surface area contributed by atoms with Crippen molar-refractivity contribution in [2.75, 3.05) is 0 Å². The van der Waals surface area contributed by atoms with Crippen LogP contribution >= 0.6 is 0 Å². The number of rotatable bonds is 3. The zero-order chi connectivity index (χ0) is 14.4. The number of alkyl halides is 3. The molecule has 104 valence electrons. The van der Waals surface area contributed by atoms with Crippen LogP contribution in [0.1, 0.15) is 25.3 Å². The van der Waals surface area contributed by atoms with Crippen molar-refractivity contribution in [3.05, 3.63) is 29.8 Å². The summed E-state index contributed by atoms with van der Waals surface area (Å²) in [5.41, 5.74) is 0.0991. The van der Waals surface area contributed by atoms with Gasteiger partial charge < -0.3 is 9.84 Å². The minimum atomic E-state index is -4.75. The zero-order valence-corrected chi connectivity index (χ0v) is 10.4. The van der Waals surface area contributed by atoms with Gasteiger partial charge in [0.2, 0.25) is 0 Å². The van der Waals surface area contributed by atoms with E-state index in [1.165, 1.54) is 18.2 Å². The minimum absolute atomic E-state index is 0.290. The molecular formula is C13H13F3O3. The maximum absolute atomic E-state index is 12.1. The second-order valence-corrected chi connectivity index (χ2v) is 5.24. The average molecular weight is 274 g/mol. The van der Waals surface area contributed by atoms with Crippen molar-refractivity contribution in [3.8, 4) is 5.75 Å². The molecular weight excluding hydrogens is 261 g/mol. The first kappa shape index (κ1) is 13.7. The molecule has 1 saturated carbocycles. The van der Waals surface area contributed by atoms with Crippen LogP contribution in [-0.4, -0.2) is 17.4 Å². The SMILES string of the molecule is CC1(C)[C@H](C(=O)O)[C@H]1c1cccc(OC(F)(F)F)c1. The predicted octanol–water partition coefficient (Wildman–Crippen LogP) is 3.41. The minimum Gasteiger partial charge on any atom is -0.481 e. The summed E-state index contributed by atoms with van der Waals surface area (Å²) < 4.78 is 40.2. The Morgan fingerprint density at radius 3 is 2.47 bits per heavy atom. The number of hydrogen-bond donors (Lipinski definition) is 1. The van der Waals surface area contributed by atoms with E-state index in [2.05, 4.69) is 4.74 Å². The van der Waals surface area contributed by atoms with Crippen LogP contribution in [0.2, 0.25) is 0 Å². The first-order valence-electron chi connectivity index (χ1n) is 5.71. The van der Waals surface area contributed by atoms with Gasteiger partial charge in [0.25, 0.3) is 0 Å². The summed E-state index contributed by atoms with van der Waals surface area (Å²) in [4.78, 5) is 11.1. The quantitative estimate of drug-likeness (QED) is 0.918. The fraction of sp³-hybridized carbons (Fsp3) is 0.462. The van der Waals surface area contributed by atoms with Crippen LogP contribution in [0.3, 0.4) is 0 Å². The highest BCUT2D eigenvalue weighted by Gasteiger charge is 2.62. The summed E-state index contributed by atoms with van der Waals surface area (Å²) in [6, 6.07) is 5.51. The van der Waals surface area contributed by atoms with Gasteiger partial charge in [0, 0.05) is 5.92 Å². The Morgan fingerprint density at radius 2 is 2.00 bits per heavy atom. The normalized spacial score (nSPS) is 24.9. The molecule has 0 unspecified atom stereocenters. The fourth-order valence-corrected chi connectivity index (χ4v) is 2.63. The molecule has 0 bridgehead atoms. The molecule has 2 atom stereocenters. The van der Waals surface area contributed by atoms with Crippen molar-refractivity contribution in [2.45, 2.75) is 26.1 Å². The highest BCUT2D eigenvalue weighted by molar-refractivity contribution is 5.77. The second-order valence-electron chi connectivity index (χ2n) is 5.24. The molecule has 2 rings (SSSR count). The van der Waals surface area contributed by atoms with Crippen molar-refractivity contribution in [3.63, 3.8) is 0 Å². The molecule has 1 aliphatic carbocycles. The van der Waals surface area contributed by atoms with Gasteiger partial charge >= 0.3 is 12.3 Å². The van der Waals surface area contributed by atoms with Gasteiger partial charge in [0.1, 0.15) is 5.75 Å². The standard InChI is InChI=1S/C13H13F3O3/c1-12(2)9(10(12)11(17)18)7-4-3-5-8(6-7)19-13(14,15)16/h3-6,9-10H,1-2H3,(H,17,18)/t9-,10+/m1/s1. The van der Waals surface area contributed by atoms with Crippen LogP contribution in [0.25, 0.3) is 0 Å². The van der Waals surface area contributed by atoms with E-state index < -0.39 is 23.7 Å². The van der Waals surface area contributed by atoms with Gasteiger partial charge in [0.15, 0.2) is 0 Å². The lowest BCUT2D eigenvalue weighted by molar-refractivity contribution is -0.274. The van der Waals surface area contributed by atoms with E-state index in [0.29, 0.717) is 5.56 Å². The first-order valence-corrected chi connectivity index (χ1v) is 5.71. The summed E-state index contributed by atoms with van der Waals surface area (Å²) in [7, 11) is 0. The van der Waals surface area contributed by atoms with Crippen LogP contribution in [0, 0.1) is 11.3 Å². The van der Waals surface area contributed by atoms with Gasteiger partial charge in [-0.2, -0.15) is 0 Å². The molecule has 0 saturated heterocycles. The summed E-state index contributed by atoms with van der Waals surface area (Å²) in [5, 5.41) is 9.07. The molecule has 1 aromatic rings. The molecule has 0 radical (unpaired) electrons. The summed E-state index contributed by atoms with van der Waals surface area (Å²) in [6.45, 7) is 3.57. The Labute approximate surface area is 108 Å². The summed E-state index contributed by atoms with van der Waals surface area (Å²) >= 11 is 0. The van der Waals surface area contributed by atoms with E-state index in [4.69, 9.17) is 5.11 Å². The Hall–Kier alpha value is -1.72. The van der Waals surface area contributed by atoms with E-state index in [1.807, 2.05) is 0 Å². The van der Waals surface area contributed by atoms with Crippen LogP contribution in [-0.2, 0) is 4.79 Å². The van der Waals surface area contributed by atoms with E-state index in [1.54, 1.807) is 19.9 Å². The third-order valence-electron chi connectivity index (χ3n) is 3.54. The lowest BCUT2D eigenvalue weighted by Gasteiger charge is -2.10. The maximum Gasteiger partial charge on any atom is 0.573 e. The monoisotopic (exact) mass is 274 g/mol. The van der Waals surface area contributed by atoms with E-state index in [0.717, 1.165) is 0 Å². The van der Waals surface area contributed by atoms with Crippen molar-refractivity contribution in [2.24, 2.45) is 11.3 Å². The van der Waals surface area contributed by atoms with E-state index in [9.17, 15) is 18.0 Å². The van der Waals surface area contributed by atoms with Gasteiger partial charge in [-0.3, -0.25) is 4.79 Å². The van der Waals surface area contributed by atoms with Gasteiger partial charge in [-0.1, -0.05) is 26.0 Å². The third kappa shape index (κ3) is 2.67. The third-order valence-corrected chi connectivity index (χ3v) is 3.54. The highest BCUT2D eigenvalue weighted by Crippen LogP contribution is 2.64. The Bertz CT molecular complexity index is 508. The van der Waals surface area contributed by atoms with Gasteiger partial charge in [-0.05, 0) is 23.1 Å². The Kier molecular flexibility index (Phi) is 2.99. The van der Waals surface area contributed by atoms with Gasteiger partial charge in [0.05, 0.1) is 5.92 Å². The smallest absolute Gasteiger partial charge is 0.481 e. The number of halogens is 3. The summed E-state index contributed by atoms with van der Waals surface area (Å²) in [6.07, 6.45) is -4.75. The van der Waals surface area contributed by atoms with Gasteiger partial charge in [-0.25, -0.2) is 0 Å². The molecule has 1 fully saturated rings. The maximum atomic E-state index is 12.1. The van der Waals surface area contributed by atoms with Crippen molar-refractivity contribution < 1.29 is 27.8 Å². The number of carboxylic acids is 1. The van der Waals surface area contributed by atoms with Gasteiger partial charge in [-0.15, -0.1) is 13.2 Å². The molecule has 1 aliphatic rings. The summed E-state index contributed by atoms with van der Waals surface area (Å²) in [5.74, 6) is -2.12. The molecule has 1 N–H and O–H groups in total. The van der Waals surface area contributed by atoms with Crippen LogP contribution in [0.15, 0.2) is 24.3 Å². The van der Waals surface area contributed by atoms with Crippen molar-refractivity contribution >= 4 is 5.97 Å². The lowest BCUT2D eigenvalue weighted by Crippen LogP contribution is -2.17. The molecule has 0 spiro atoms. The topological polar surface area (TPSA) is 46.5 Å². The molecule has 0 amide bonds. The first-order chi connectivity index (χ1) is 8.63. The van der Waals surface area contributed by atoms with Crippen LogP contribution in [0.4, 0.5) is 13.2 Å². The molecule has 0 heterocycles. The number of aliphatic carboxylic acids is 1. The van der Waals surface area contributed by atoms with Crippen LogP contribution < -0.4 is 4.74 Å². The average Bonchev–Trinajstić information content (AvgIpc) is 2.79. The van der Waals surface area contributed by atoms with E-state index in [-0.39, 0.29) is 11.7 Å². The largest absolute Gasteiger partial charge is 0.573 e. The molecule has 1 aromatic carbocycles. The Balaban J connectivity index is 2.24. The van der Waals surface area contributed by atoms with Crippen LogP contribution in [0.5, 0.6) is 5.75 Å². The Morgan fingerprint density at radius 1 is 1.37 bits per heavy atom. The van der Waals surface area contributed by atoms with Crippen molar-refractivity contribution in [1.29, 1.82) is 0 Å². The van der Waals surface area contributed by atoms with E-state index >= 15 is 0 Å². The number of benzene rings is 1. The highest BCUT2D eigenvalue weighted by atomic mass is 19.4.